The average molecular weight is 193 g/mol. The zero-order valence-electron chi connectivity index (χ0n) is 7.77. The first kappa shape index (κ1) is 18.6. The molecule has 0 atom stereocenters. The molecular weight excluding hydrogens is 168 g/mol. The summed E-state index contributed by atoms with van der Waals surface area (Å²) in [6.45, 7) is 5.00. The van der Waals surface area contributed by atoms with Crippen LogP contribution in [0.2, 0.25) is 0 Å². The molecule has 0 aromatic rings. The average Bonchev–Trinajstić information content (AvgIpc) is 2.67. The van der Waals surface area contributed by atoms with Crippen molar-refractivity contribution in [1.82, 2.24) is 16.8 Å². The Morgan fingerprint density at radius 3 is 0.923 bits per heavy atom. The molecule has 0 aromatic carbocycles. The van der Waals surface area contributed by atoms with Crippen LogP contribution in [-0.2, 0) is 0 Å². The fourth-order valence-electron chi connectivity index (χ4n) is 1.25. The number of halogens is 1. The minimum absolute atomic E-state index is 0. The van der Waals surface area contributed by atoms with Crippen LogP contribution in [-0.4, -0.2) is 34.6 Å². The Labute approximate surface area is 82.6 Å². The maximum absolute atomic E-state index is 3.22. The zero-order chi connectivity index (χ0) is 7.07. The van der Waals surface area contributed by atoms with Crippen molar-refractivity contribution in [2.75, 3.05) is 26.2 Å². The maximum Gasteiger partial charge on any atom is 0.0814 e. The lowest BCUT2D eigenvalue weighted by atomic mass is 10.4. The molecule has 2 saturated heterocycles. The second kappa shape index (κ2) is 14.4. The molecule has 0 bridgehead atoms. The normalized spacial score (nSPS) is 18.5. The van der Waals surface area contributed by atoms with E-state index in [1.807, 2.05) is 0 Å². The van der Waals surface area contributed by atoms with Crippen molar-refractivity contribution < 1.29 is 4.70 Å². The van der Waals surface area contributed by atoms with Crippen molar-refractivity contribution >= 4 is 8.41 Å². The minimum Gasteiger partial charge on any atom is -0.344 e. The molecule has 2 aliphatic heterocycles. The fraction of sp³-hybridized carbons (Fsp3) is 1.00. The van der Waals surface area contributed by atoms with Gasteiger partial charge in [-0.2, -0.15) is 0 Å². The van der Waals surface area contributed by atoms with Gasteiger partial charge in [0.15, 0.2) is 0 Å². The van der Waals surface area contributed by atoms with Crippen LogP contribution in [0.25, 0.3) is 0 Å². The SMILES string of the molecule is B.C1CCNC1.C1CCNC1.F.N. The smallest absolute Gasteiger partial charge is 0.0814 e. The summed E-state index contributed by atoms with van der Waals surface area (Å²) >= 11 is 0. The molecule has 0 unspecified atom stereocenters. The summed E-state index contributed by atoms with van der Waals surface area (Å²) in [5.74, 6) is 0. The number of hydrogen-bond acceptors (Lipinski definition) is 3. The van der Waals surface area contributed by atoms with Crippen LogP contribution in [0.5, 0.6) is 0 Å². The molecule has 2 heterocycles. The fourth-order valence-corrected chi connectivity index (χ4v) is 1.25. The molecule has 3 nitrogen and oxygen atoms in total. The third-order valence-corrected chi connectivity index (χ3v) is 1.91. The summed E-state index contributed by atoms with van der Waals surface area (Å²) in [6, 6.07) is 0. The topological polar surface area (TPSA) is 59.1 Å². The van der Waals surface area contributed by atoms with E-state index in [0.29, 0.717) is 0 Å². The molecule has 13 heavy (non-hydrogen) atoms. The Morgan fingerprint density at radius 1 is 0.615 bits per heavy atom. The first-order chi connectivity index (χ1) is 5.00. The summed E-state index contributed by atoms with van der Waals surface area (Å²) < 4.78 is 0. The number of hydrogen-bond donors (Lipinski definition) is 3. The van der Waals surface area contributed by atoms with Gasteiger partial charge in [-0.05, 0) is 51.9 Å². The van der Waals surface area contributed by atoms with Gasteiger partial charge in [0.1, 0.15) is 0 Å². The van der Waals surface area contributed by atoms with Crippen LogP contribution >= 0.6 is 0 Å². The van der Waals surface area contributed by atoms with E-state index in [1.54, 1.807) is 0 Å². The van der Waals surface area contributed by atoms with Crippen molar-refractivity contribution in [3.05, 3.63) is 0 Å². The molecular formula is C8H25BFN3. The van der Waals surface area contributed by atoms with E-state index in [1.165, 1.54) is 51.9 Å². The van der Waals surface area contributed by atoms with Gasteiger partial charge in [-0.1, -0.05) is 0 Å². The van der Waals surface area contributed by atoms with Gasteiger partial charge >= 0.3 is 0 Å². The Morgan fingerprint density at radius 2 is 0.846 bits per heavy atom. The van der Waals surface area contributed by atoms with Crippen molar-refractivity contribution in [2.24, 2.45) is 0 Å². The molecule has 0 aliphatic carbocycles. The molecule has 0 aromatic heterocycles. The van der Waals surface area contributed by atoms with E-state index in [2.05, 4.69) is 10.6 Å². The van der Waals surface area contributed by atoms with Crippen molar-refractivity contribution in [3.63, 3.8) is 0 Å². The summed E-state index contributed by atoms with van der Waals surface area (Å²) in [7, 11) is 0. The summed E-state index contributed by atoms with van der Waals surface area (Å²) in [5, 5.41) is 6.44. The van der Waals surface area contributed by atoms with E-state index < -0.39 is 0 Å². The van der Waals surface area contributed by atoms with E-state index in [-0.39, 0.29) is 19.3 Å². The molecule has 2 aliphatic rings. The van der Waals surface area contributed by atoms with Crippen molar-refractivity contribution in [3.8, 4) is 0 Å². The molecule has 82 valence electrons. The van der Waals surface area contributed by atoms with Crippen molar-refractivity contribution in [1.29, 1.82) is 0 Å². The standard InChI is InChI=1S/2C4H9N.BH3.FH.H3N/c2*1-2-4-5-3-1;;;/h2*5H,1-4H2;1H3;1H;1H3. The predicted molar refractivity (Wildman–Crippen MR) is 61.7 cm³/mol. The van der Waals surface area contributed by atoms with Gasteiger partial charge in [-0.15, -0.1) is 0 Å². The largest absolute Gasteiger partial charge is 0.344 e. The lowest BCUT2D eigenvalue weighted by molar-refractivity contribution is 0.857. The molecule has 5 heteroatoms. The Hall–Kier alpha value is -0.125. The van der Waals surface area contributed by atoms with Gasteiger partial charge in [-0.25, -0.2) is 0 Å². The van der Waals surface area contributed by atoms with E-state index in [4.69, 9.17) is 0 Å². The van der Waals surface area contributed by atoms with E-state index in [9.17, 15) is 0 Å². The monoisotopic (exact) mass is 193 g/mol. The lowest BCUT2D eigenvalue weighted by Gasteiger charge is -1.76. The number of nitrogens with one attached hydrogen (secondary N) is 2. The predicted octanol–water partition coefficient (Wildman–Crippen LogP) is -0.130. The first-order valence-corrected chi connectivity index (χ1v) is 4.41. The Balaban J connectivity index is -0.000000125. The van der Waals surface area contributed by atoms with Gasteiger partial charge < -0.3 is 16.8 Å². The molecule has 2 rings (SSSR count). The summed E-state index contributed by atoms with van der Waals surface area (Å²) in [4.78, 5) is 0. The molecule has 2 fully saturated rings. The van der Waals surface area contributed by atoms with Crippen LogP contribution in [0.1, 0.15) is 25.7 Å². The second-order valence-corrected chi connectivity index (χ2v) is 2.91. The van der Waals surface area contributed by atoms with Gasteiger partial charge in [-0.3, -0.25) is 4.70 Å². The van der Waals surface area contributed by atoms with Crippen LogP contribution in [0.3, 0.4) is 0 Å². The van der Waals surface area contributed by atoms with Gasteiger partial charge in [0.25, 0.3) is 0 Å². The Kier molecular flexibility index (Phi) is 20.6. The lowest BCUT2D eigenvalue weighted by Crippen LogP contribution is -2.03. The van der Waals surface area contributed by atoms with Crippen LogP contribution in [0, 0.1) is 0 Å². The van der Waals surface area contributed by atoms with E-state index in [0.717, 1.165) is 0 Å². The van der Waals surface area contributed by atoms with Gasteiger partial charge in [0, 0.05) is 0 Å². The molecule has 5 N–H and O–H groups in total. The maximum atomic E-state index is 3.22. The molecule has 0 saturated carbocycles. The highest BCUT2D eigenvalue weighted by Crippen LogP contribution is 1.90. The molecule has 0 amide bonds. The van der Waals surface area contributed by atoms with Gasteiger partial charge in [0.2, 0.25) is 0 Å². The zero-order valence-corrected chi connectivity index (χ0v) is 7.77. The van der Waals surface area contributed by atoms with Gasteiger partial charge in [0.05, 0.1) is 8.41 Å². The minimum atomic E-state index is 0. The quantitative estimate of drug-likeness (QED) is 0.470. The summed E-state index contributed by atoms with van der Waals surface area (Å²) in [5.41, 5.74) is 0. The third kappa shape index (κ3) is 11.9. The Bertz CT molecular complexity index is 52.6. The highest BCUT2D eigenvalue weighted by Gasteiger charge is 1.93. The second-order valence-electron chi connectivity index (χ2n) is 2.91. The summed E-state index contributed by atoms with van der Waals surface area (Å²) in [6.07, 6.45) is 5.56. The third-order valence-electron chi connectivity index (χ3n) is 1.91. The van der Waals surface area contributed by atoms with Crippen LogP contribution in [0.4, 0.5) is 4.70 Å². The van der Waals surface area contributed by atoms with E-state index >= 15 is 0 Å². The highest BCUT2D eigenvalue weighted by atomic mass is 19.0. The first-order valence-electron chi connectivity index (χ1n) is 4.41. The number of rotatable bonds is 0. The molecule has 0 spiro atoms. The van der Waals surface area contributed by atoms with Crippen molar-refractivity contribution in [2.45, 2.75) is 25.7 Å². The van der Waals surface area contributed by atoms with Crippen LogP contribution < -0.4 is 16.8 Å². The highest BCUT2D eigenvalue weighted by molar-refractivity contribution is 5.75. The molecule has 0 radical (unpaired) electrons. The van der Waals surface area contributed by atoms with Crippen LogP contribution in [0.15, 0.2) is 0 Å².